The van der Waals surface area contributed by atoms with E-state index in [1.807, 2.05) is 38.1 Å². The molecule has 0 aliphatic carbocycles. The van der Waals surface area contributed by atoms with Gasteiger partial charge in [0, 0.05) is 10.4 Å². The molecule has 0 aliphatic heterocycles. The molecule has 0 fully saturated rings. The van der Waals surface area contributed by atoms with Crippen molar-refractivity contribution in [1.82, 2.24) is 0 Å². The lowest BCUT2D eigenvalue weighted by molar-refractivity contribution is 0.137. The molecule has 1 aromatic rings. The van der Waals surface area contributed by atoms with Gasteiger partial charge in [0.25, 0.3) is 0 Å². The van der Waals surface area contributed by atoms with Gasteiger partial charge in [-0.1, -0.05) is 27.5 Å². The fourth-order valence-corrected chi connectivity index (χ4v) is 1.09. The highest BCUT2D eigenvalue weighted by Crippen LogP contribution is 2.21. The molecule has 0 unspecified atom stereocenters. The van der Waals surface area contributed by atoms with Crippen LogP contribution < -0.4 is 4.74 Å². The summed E-state index contributed by atoms with van der Waals surface area (Å²) in [6, 6.07) is 7.38. The van der Waals surface area contributed by atoms with E-state index in [4.69, 9.17) is 16.3 Å². The van der Waals surface area contributed by atoms with E-state index in [1.54, 1.807) is 0 Å². The van der Waals surface area contributed by atoms with Crippen LogP contribution in [0.3, 0.4) is 0 Å². The quantitative estimate of drug-likeness (QED) is 0.752. The van der Waals surface area contributed by atoms with Crippen molar-refractivity contribution in [1.29, 1.82) is 0 Å². The molecule has 0 bridgehead atoms. The van der Waals surface area contributed by atoms with Crippen LogP contribution in [0.25, 0.3) is 0 Å². The van der Waals surface area contributed by atoms with Gasteiger partial charge in [-0.15, -0.1) is 0 Å². The Morgan fingerprint density at radius 2 is 1.85 bits per heavy atom. The van der Waals surface area contributed by atoms with Crippen molar-refractivity contribution >= 4 is 27.5 Å². The van der Waals surface area contributed by atoms with Gasteiger partial charge in [-0.25, -0.2) is 0 Å². The van der Waals surface area contributed by atoms with Crippen LogP contribution in [0.4, 0.5) is 0 Å². The van der Waals surface area contributed by atoms with Gasteiger partial charge in [0.15, 0.2) is 0 Å². The third kappa shape index (κ3) is 3.57. The van der Waals surface area contributed by atoms with Crippen LogP contribution in [0.1, 0.15) is 13.8 Å². The number of rotatable bonds is 3. The molecule has 13 heavy (non-hydrogen) atoms. The van der Waals surface area contributed by atoms with Crippen LogP contribution in [0.15, 0.2) is 24.3 Å². The maximum Gasteiger partial charge on any atom is 0.120 e. The Labute approximate surface area is 92.2 Å². The number of ether oxygens (including phenoxy) is 1. The molecule has 1 nitrogen and oxygen atoms in total. The molecule has 0 radical (unpaired) electrons. The number of hydrogen-bond donors (Lipinski definition) is 0. The second kappa shape index (κ2) is 4.34. The zero-order chi connectivity index (χ0) is 9.90. The summed E-state index contributed by atoms with van der Waals surface area (Å²) in [6.45, 7) is 4.05. The van der Waals surface area contributed by atoms with Crippen molar-refractivity contribution < 1.29 is 4.74 Å². The van der Waals surface area contributed by atoms with Crippen molar-refractivity contribution in [2.24, 2.45) is 0 Å². The Balaban J connectivity index is 2.69. The fraction of sp³-hybridized carbons (Fsp3) is 0.400. The summed E-state index contributed by atoms with van der Waals surface area (Å²) in [5, 5.41) is 1.52. The smallest absolute Gasteiger partial charge is 0.120 e. The van der Waals surface area contributed by atoms with Crippen molar-refractivity contribution in [3.8, 4) is 5.75 Å². The lowest BCUT2D eigenvalue weighted by Crippen LogP contribution is -2.29. The minimum atomic E-state index is -0.187. The molecule has 3 heteroatoms. The molecule has 0 spiro atoms. The summed E-state index contributed by atoms with van der Waals surface area (Å²) in [5.74, 6) is 0.842. The maximum absolute atomic E-state index is 5.75. The average molecular weight is 264 g/mol. The first kappa shape index (κ1) is 10.9. The Morgan fingerprint density at radius 1 is 1.31 bits per heavy atom. The van der Waals surface area contributed by atoms with Gasteiger partial charge >= 0.3 is 0 Å². The summed E-state index contributed by atoms with van der Waals surface area (Å²) in [4.78, 5) is 0. The van der Waals surface area contributed by atoms with Crippen LogP contribution in [0, 0.1) is 0 Å². The molecule has 72 valence electrons. The zero-order valence-electron chi connectivity index (χ0n) is 7.68. The number of benzene rings is 1. The van der Waals surface area contributed by atoms with E-state index < -0.39 is 0 Å². The maximum atomic E-state index is 5.75. The van der Waals surface area contributed by atoms with Crippen LogP contribution in [0.5, 0.6) is 5.75 Å². The Bertz CT molecular complexity index is 269. The van der Waals surface area contributed by atoms with E-state index in [0.717, 1.165) is 16.1 Å². The van der Waals surface area contributed by atoms with Crippen molar-refractivity contribution in [3.63, 3.8) is 0 Å². The topological polar surface area (TPSA) is 9.23 Å². The Morgan fingerprint density at radius 3 is 2.31 bits per heavy atom. The lowest BCUT2D eigenvalue weighted by atomic mass is 10.2. The summed E-state index contributed by atoms with van der Waals surface area (Å²) in [7, 11) is 0. The summed E-state index contributed by atoms with van der Waals surface area (Å²) < 4.78 is 5.70. The molecule has 1 rings (SSSR count). The van der Waals surface area contributed by atoms with Crippen LogP contribution in [-0.2, 0) is 0 Å². The monoisotopic (exact) mass is 262 g/mol. The molecule has 0 saturated carbocycles. The SMILES string of the molecule is CC(C)(CBr)Oc1ccc(Cl)cc1. The highest BCUT2D eigenvalue weighted by Gasteiger charge is 2.17. The molecule has 0 N–H and O–H groups in total. The predicted octanol–water partition coefficient (Wildman–Crippen LogP) is 3.89. The van der Waals surface area contributed by atoms with Crippen molar-refractivity contribution in [2.45, 2.75) is 19.4 Å². The highest BCUT2D eigenvalue weighted by molar-refractivity contribution is 9.09. The average Bonchev–Trinajstić information content (AvgIpc) is 2.09. The molecule has 0 aromatic heterocycles. The molecule has 0 amide bonds. The van der Waals surface area contributed by atoms with Gasteiger partial charge in [0.1, 0.15) is 11.4 Å². The van der Waals surface area contributed by atoms with Crippen LogP contribution in [0.2, 0.25) is 5.02 Å². The van der Waals surface area contributed by atoms with Crippen LogP contribution >= 0.6 is 27.5 Å². The first-order chi connectivity index (χ1) is 6.03. The van der Waals surface area contributed by atoms with Crippen LogP contribution in [-0.4, -0.2) is 10.9 Å². The molecular formula is C10H12BrClO. The third-order valence-electron chi connectivity index (χ3n) is 1.53. The first-order valence-electron chi connectivity index (χ1n) is 4.04. The van der Waals surface area contributed by atoms with Gasteiger partial charge in [-0.2, -0.15) is 0 Å². The van der Waals surface area contributed by atoms with Crippen molar-refractivity contribution in [3.05, 3.63) is 29.3 Å². The largest absolute Gasteiger partial charge is 0.487 e. The Hall–Kier alpha value is -0.210. The first-order valence-corrected chi connectivity index (χ1v) is 5.54. The molecule has 0 atom stereocenters. The minimum absolute atomic E-state index is 0.187. The fourth-order valence-electron chi connectivity index (χ4n) is 0.849. The van der Waals surface area contributed by atoms with E-state index >= 15 is 0 Å². The second-order valence-corrected chi connectivity index (χ2v) is 4.45. The van der Waals surface area contributed by atoms with E-state index in [2.05, 4.69) is 15.9 Å². The van der Waals surface area contributed by atoms with Gasteiger partial charge in [-0.05, 0) is 38.1 Å². The molecule has 0 heterocycles. The van der Waals surface area contributed by atoms with E-state index in [9.17, 15) is 0 Å². The Kier molecular flexibility index (Phi) is 3.63. The predicted molar refractivity (Wildman–Crippen MR) is 60.0 cm³/mol. The number of hydrogen-bond acceptors (Lipinski definition) is 1. The van der Waals surface area contributed by atoms with Gasteiger partial charge in [0.05, 0.1) is 0 Å². The van der Waals surface area contributed by atoms with E-state index in [-0.39, 0.29) is 5.60 Å². The van der Waals surface area contributed by atoms with E-state index in [0.29, 0.717) is 0 Å². The molecule has 1 aromatic carbocycles. The van der Waals surface area contributed by atoms with E-state index in [1.165, 1.54) is 0 Å². The van der Waals surface area contributed by atoms with Gasteiger partial charge in [0.2, 0.25) is 0 Å². The third-order valence-corrected chi connectivity index (χ3v) is 3.13. The highest BCUT2D eigenvalue weighted by atomic mass is 79.9. The normalized spacial score (nSPS) is 11.4. The minimum Gasteiger partial charge on any atom is -0.487 e. The zero-order valence-corrected chi connectivity index (χ0v) is 10.0. The summed E-state index contributed by atoms with van der Waals surface area (Å²) >= 11 is 9.14. The number of alkyl halides is 1. The van der Waals surface area contributed by atoms with Gasteiger partial charge in [-0.3, -0.25) is 0 Å². The molecule has 0 aliphatic rings. The second-order valence-electron chi connectivity index (χ2n) is 3.45. The van der Waals surface area contributed by atoms with Gasteiger partial charge < -0.3 is 4.74 Å². The summed E-state index contributed by atoms with van der Waals surface area (Å²) in [5.41, 5.74) is -0.187. The molecular weight excluding hydrogens is 251 g/mol. The number of halogens is 2. The van der Waals surface area contributed by atoms with Crippen molar-refractivity contribution in [2.75, 3.05) is 5.33 Å². The molecule has 0 saturated heterocycles. The lowest BCUT2D eigenvalue weighted by Gasteiger charge is -2.23. The standard InChI is InChI=1S/C10H12BrClO/c1-10(2,7-11)13-9-5-3-8(12)4-6-9/h3-6H,7H2,1-2H3. The summed E-state index contributed by atoms with van der Waals surface area (Å²) in [6.07, 6.45) is 0.